The molecule has 1 fully saturated rings. The van der Waals surface area contributed by atoms with Crippen LogP contribution in [0, 0.1) is 0 Å². The summed E-state index contributed by atoms with van der Waals surface area (Å²) in [6, 6.07) is 2.24. The van der Waals surface area contributed by atoms with Crippen LogP contribution in [0.1, 0.15) is 12.1 Å². The Kier molecular flexibility index (Phi) is 3.61. The summed E-state index contributed by atoms with van der Waals surface area (Å²) < 4.78 is 1.95. The molecule has 0 saturated carbocycles. The van der Waals surface area contributed by atoms with Gasteiger partial charge < -0.3 is 5.73 Å². The van der Waals surface area contributed by atoms with Crippen LogP contribution in [0.2, 0.25) is 0 Å². The number of nitrogens with zero attached hydrogens (tertiary/aromatic N) is 4. The van der Waals surface area contributed by atoms with Gasteiger partial charge in [-0.2, -0.15) is 0 Å². The number of imidazole rings is 1. The molecule has 2 N–H and O–H groups in total. The fourth-order valence-electron chi connectivity index (χ4n) is 2.19. The van der Waals surface area contributed by atoms with Crippen molar-refractivity contribution in [2.24, 2.45) is 5.73 Å². The predicted molar refractivity (Wildman–Crippen MR) is 68.1 cm³/mol. The molecule has 1 aliphatic rings. The molecule has 2 aromatic rings. The van der Waals surface area contributed by atoms with E-state index in [1.54, 1.807) is 6.20 Å². The van der Waals surface area contributed by atoms with Gasteiger partial charge in [0.1, 0.15) is 0 Å². The molecule has 6 heteroatoms. The fourth-order valence-corrected chi connectivity index (χ4v) is 2.19. The minimum atomic E-state index is 0. The molecule has 2 aromatic heterocycles. The summed E-state index contributed by atoms with van der Waals surface area (Å²) >= 11 is 0. The molecule has 5 nitrogen and oxygen atoms in total. The quantitative estimate of drug-likeness (QED) is 0.855. The van der Waals surface area contributed by atoms with E-state index < -0.39 is 0 Å². The lowest BCUT2D eigenvalue weighted by atomic mass is 10.3. The third-order valence-corrected chi connectivity index (χ3v) is 2.98. The largest absolute Gasteiger partial charge is 0.326 e. The zero-order valence-electron chi connectivity index (χ0n) is 9.49. The zero-order valence-corrected chi connectivity index (χ0v) is 10.3. The van der Waals surface area contributed by atoms with Crippen molar-refractivity contribution in [1.82, 2.24) is 19.3 Å². The molecule has 0 amide bonds. The van der Waals surface area contributed by atoms with Crippen molar-refractivity contribution in [2.45, 2.75) is 19.0 Å². The van der Waals surface area contributed by atoms with Crippen molar-refractivity contribution < 1.29 is 0 Å². The Bertz CT molecular complexity index is 464. The van der Waals surface area contributed by atoms with Crippen LogP contribution in [0.15, 0.2) is 24.7 Å². The number of fused-ring (bicyclic) bond motifs is 1. The molecule has 17 heavy (non-hydrogen) atoms. The first kappa shape index (κ1) is 12.3. The van der Waals surface area contributed by atoms with Crippen LogP contribution in [0.3, 0.4) is 0 Å². The standard InChI is InChI=1S/C11H15N5.ClH/c12-9-2-5-15(6-9)7-10-8-16-4-1-3-13-11(16)14-10;/h1,3-4,8-9H,2,5-7,12H2;1H/t9-;/m0./s1. The highest BCUT2D eigenvalue weighted by Gasteiger charge is 2.19. The summed E-state index contributed by atoms with van der Waals surface area (Å²) in [6.45, 7) is 2.92. The average Bonchev–Trinajstić information content (AvgIpc) is 2.84. The lowest BCUT2D eigenvalue weighted by molar-refractivity contribution is 0.323. The zero-order chi connectivity index (χ0) is 11.0. The van der Waals surface area contributed by atoms with Crippen molar-refractivity contribution in [1.29, 1.82) is 0 Å². The summed E-state index contributed by atoms with van der Waals surface area (Å²) in [5.74, 6) is 0.765. The molecule has 0 aliphatic carbocycles. The van der Waals surface area contributed by atoms with Crippen LogP contribution in [-0.4, -0.2) is 38.4 Å². The van der Waals surface area contributed by atoms with E-state index in [9.17, 15) is 0 Å². The first-order chi connectivity index (χ1) is 7.81. The van der Waals surface area contributed by atoms with Gasteiger partial charge in [-0.25, -0.2) is 9.97 Å². The second-order valence-corrected chi connectivity index (χ2v) is 4.34. The smallest absolute Gasteiger partial charge is 0.233 e. The van der Waals surface area contributed by atoms with E-state index in [-0.39, 0.29) is 12.4 Å². The molecule has 1 atom stereocenters. The molecule has 0 unspecified atom stereocenters. The van der Waals surface area contributed by atoms with E-state index in [4.69, 9.17) is 5.73 Å². The summed E-state index contributed by atoms with van der Waals surface area (Å²) in [7, 11) is 0. The van der Waals surface area contributed by atoms with Crippen molar-refractivity contribution >= 4 is 18.2 Å². The van der Waals surface area contributed by atoms with E-state index in [2.05, 4.69) is 14.9 Å². The molecule has 0 bridgehead atoms. The summed E-state index contributed by atoms with van der Waals surface area (Å²) in [4.78, 5) is 11.0. The molecule has 1 saturated heterocycles. The Hall–Kier alpha value is -1.17. The normalized spacial score (nSPS) is 20.6. The molecule has 3 heterocycles. The third-order valence-electron chi connectivity index (χ3n) is 2.98. The summed E-state index contributed by atoms with van der Waals surface area (Å²) in [5, 5.41) is 0. The lowest BCUT2D eigenvalue weighted by Gasteiger charge is -2.12. The van der Waals surface area contributed by atoms with Crippen LogP contribution >= 0.6 is 12.4 Å². The highest BCUT2D eigenvalue weighted by atomic mass is 35.5. The van der Waals surface area contributed by atoms with Crippen LogP contribution in [-0.2, 0) is 6.54 Å². The summed E-state index contributed by atoms with van der Waals surface area (Å²) in [6.07, 6.45) is 6.85. The van der Waals surface area contributed by atoms with Crippen LogP contribution in [0.4, 0.5) is 0 Å². The number of likely N-dealkylation sites (tertiary alicyclic amines) is 1. The van der Waals surface area contributed by atoms with Gasteiger partial charge in [0.25, 0.3) is 0 Å². The highest BCUT2D eigenvalue weighted by molar-refractivity contribution is 5.85. The van der Waals surface area contributed by atoms with E-state index in [1.165, 1.54) is 0 Å². The number of hydrogen-bond donors (Lipinski definition) is 1. The lowest BCUT2D eigenvalue weighted by Crippen LogP contribution is -2.26. The second-order valence-electron chi connectivity index (χ2n) is 4.34. The maximum atomic E-state index is 5.87. The SMILES string of the molecule is Cl.N[C@H]1CCN(Cc2cn3cccnc3n2)C1. The van der Waals surface area contributed by atoms with Gasteiger partial charge in [0.05, 0.1) is 5.69 Å². The van der Waals surface area contributed by atoms with Crippen LogP contribution in [0.5, 0.6) is 0 Å². The number of aromatic nitrogens is 3. The maximum Gasteiger partial charge on any atom is 0.233 e. The first-order valence-corrected chi connectivity index (χ1v) is 5.58. The number of nitrogens with two attached hydrogens (primary N) is 1. The topological polar surface area (TPSA) is 59.5 Å². The minimum Gasteiger partial charge on any atom is -0.326 e. The number of halogens is 1. The molecular formula is C11H16ClN5. The van der Waals surface area contributed by atoms with Crippen molar-refractivity contribution in [3.8, 4) is 0 Å². The molecular weight excluding hydrogens is 238 g/mol. The number of rotatable bonds is 2. The molecule has 0 aromatic carbocycles. The van der Waals surface area contributed by atoms with Gasteiger partial charge in [-0.3, -0.25) is 9.30 Å². The van der Waals surface area contributed by atoms with Crippen molar-refractivity contribution in [3.63, 3.8) is 0 Å². The van der Waals surface area contributed by atoms with E-state index >= 15 is 0 Å². The Morgan fingerprint density at radius 1 is 1.47 bits per heavy atom. The van der Waals surface area contributed by atoms with Gasteiger partial charge in [0, 0.05) is 44.3 Å². The Balaban J connectivity index is 0.00000108. The fraction of sp³-hybridized carbons (Fsp3) is 0.455. The van der Waals surface area contributed by atoms with Crippen molar-refractivity contribution in [3.05, 3.63) is 30.4 Å². The van der Waals surface area contributed by atoms with Gasteiger partial charge in [-0.15, -0.1) is 12.4 Å². The average molecular weight is 254 g/mol. The third kappa shape index (κ3) is 2.57. The van der Waals surface area contributed by atoms with Crippen molar-refractivity contribution in [2.75, 3.05) is 13.1 Å². The monoisotopic (exact) mass is 253 g/mol. The predicted octanol–water partition coefficient (Wildman–Crippen LogP) is 0.684. The van der Waals surface area contributed by atoms with Gasteiger partial charge in [0.15, 0.2) is 0 Å². The molecule has 3 rings (SSSR count). The van der Waals surface area contributed by atoms with E-state index in [1.807, 2.05) is 22.9 Å². The van der Waals surface area contributed by atoms with E-state index in [0.29, 0.717) is 6.04 Å². The van der Waals surface area contributed by atoms with Crippen LogP contribution in [0.25, 0.3) is 5.78 Å². The highest BCUT2D eigenvalue weighted by Crippen LogP contribution is 2.11. The summed E-state index contributed by atoms with van der Waals surface area (Å²) in [5.41, 5.74) is 6.94. The minimum absolute atomic E-state index is 0. The molecule has 1 aliphatic heterocycles. The Morgan fingerprint density at radius 2 is 2.35 bits per heavy atom. The van der Waals surface area contributed by atoms with Gasteiger partial charge in [-0.05, 0) is 12.5 Å². The van der Waals surface area contributed by atoms with Gasteiger partial charge >= 0.3 is 0 Å². The van der Waals surface area contributed by atoms with Gasteiger partial charge in [0.2, 0.25) is 5.78 Å². The van der Waals surface area contributed by atoms with Crippen LogP contribution < -0.4 is 5.73 Å². The van der Waals surface area contributed by atoms with E-state index in [0.717, 1.165) is 37.5 Å². The Labute approximate surface area is 106 Å². The molecule has 0 radical (unpaired) electrons. The first-order valence-electron chi connectivity index (χ1n) is 5.58. The maximum absolute atomic E-state index is 5.87. The Morgan fingerprint density at radius 3 is 3.06 bits per heavy atom. The molecule has 0 spiro atoms. The number of hydrogen-bond acceptors (Lipinski definition) is 4. The van der Waals surface area contributed by atoms with Gasteiger partial charge in [-0.1, -0.05) is 0 Å². The second kappa shape index (κ2) is 5.00. The molecule has 92 valence electrons.